The van der Waals surface area contributed by atoms with Crippen molar-refractivity contribution in [2.45, 2.75) is 216 Å². The maximum atomic E-state index is 15.1. The van der Waals surface area contributed by atoms with Gasteiger partial charge >= 0.3 is 0 Å². The molecular formula is C62H109N11O12. The molecule has 1 saturated heterocycles. The predicted molar refractivity (Wildman–Crippen MR) is 328 cm³/mol. The first-order valence-electron chi connectivity index (χ1n) is 30.2. The maximum Gasteiger partial charge on any atom is 0.246 e. The first-order chi connectivity index (χ1) is 39.2. The average Bonchev–Trinajstić information content (AvgIpc) is 2.67. The molecule has 1 heterocycles. The molecule has 0 bridgehead atoms. The highest BCUT2D eigenvalue weighted by molar-refractivity contribution is 5.99. The second-order valence-corrected chi connectivity index (χ2v) is 25.6. The molecule has 85 heavy (non-hydrogen) atoms. The van der Waals surface area contributed by atoms with Gasteiger partial charge in [-0.1, -0.05) is 101 Å². The molecule has 0 spiro atoms. The van der Waals surface area contributed by atoms with Gasteiger partial charge in [0.1, 0.15) is 60.4 Å². The minimum Gasteiger partial charge on any atom is -0.390 e. The molecule has 0 aromatic rings. The highest BCUT2D eigenvalue weighted by atomic mass is 16.3. The van der Waals surface area contributed by atoms with E-state index in [1.807, 2.05) is 41.5 Å². The number of carbonyl (C=O) groups is 11. The van der Waals surface area contributed by atoms with E-state index in [-0.39, 0.29) is 49.9 Å². The van der Waals surface area contributed by atoms with Crippen LogP contribution in [0.4, 0.5) is 0 Å². The summed E-state index contributed by atoms with van der Waals surface area (Å²) in [5.41, 5.74) is 0.519. The lowest BCUT2D eigenvalue weighted by atomic mass is 9.91. The summed E-state index contributed by atoms with van der Waals surface area (Å²) in [7, 11) is 9.83. The molecule has 12 atom stereocenters. The van der Waals surface area contributed by atoms with Crippen molar-refractivity contribution >= 4 is 65.0 Å². The summed E-state index contributed by atoms with van der Waals surface area (Å²) in [4.78, 5) is 168. The molecule has 0 aromatic carbocycles. The highest BCUT2D eigenvalue weighted by Crippen LogP contribution is 2.25. The molecule has 11 amide bonds. The number of aliphatic hydroxyl groups is 1. The number of hydrogen-bond donors (Lipinski definition) is 5. The fraction of sp³-hybridized carbons (Fsp3) is 0.758. The third-order valence-electron chi connectivity index (χ3n) is 15.9. The van der Waals surface area contributed by atoms with Gasteiger partial charge in [0, 0.05) is 49.3 Å². The zero-order chi connectivity index (χ0) is 66.0. The standard InChI is InChI=1S/C62H109N11O12/c1-25-27-28-40(15)52(75)51-56(79)65-43(26-2)58(81)67(18)33-48(74)68(19)44(29-34(3)4)55(78)66-49(38(11)12)61(84)69(20)45(30-35(5)6)54(77)63-41(16)53(76)64-42(17)57(80)70(21)46(31-36(7)8)59(82)71(22)47(32-37(9)10)60(83)72(23)50(39(13)14)62(85)73(51)24/h25,27,35-47,49-52,75H,3,26,28-33H2,1-2,4-24H3,(H,63,77)(H,64,76)(H,65,79)(H,66,78)/b27-25+/t40-,41+,42-,43+,44+,45+,46+,47+,49+,50+,51+,52-/m1/s1. The summed E-state index contributed by atoms with van der Waals surface area (Å²) in [5.74, 6) is -9.81. The summed E-state index contributed by atoms with van der Waals surface area (Å²) >= 11 is 0. The Balaban J connectivity index is 4.32. The van der Waals surface area contributed by atoms with Crippen molar-refractivity contribution in [2.24, 2.45) is 35.5 Å². The number of rotatable bonds is 15. The van der Waals surface area contributed by atoms with E-state index in [0.29, 0.717) is 12.0 Å². The van der Waals surface area contributed by atoms with E-state index < -0.39 is 156 Å². The van der Waals surface area contributed by atoms with E-state index in [0.717, 1.165) is 14.7 Å². The third-order valence-corrected chi connectivity index (χ3v) is 15.9. The molecule has 0 saturated carbocycles. The van der Waals surface area contributed by atoms with E-state index in [4.69, 9.17) is 0 Å². The zero-order valence-corrected chi connectivity index (χ0v) is 55.7. The topological polar surface area (TPSA) is 279 Å². The summed E-state index contributed by atoms with van der Waals surface area (Å²) in [6.07, 6.45) is 2.80. The van der Waals surface area contributed by atoms with Gasteiger partial charge in [-0.15, -0.1) is 6.58 Å². The second-order valence-electron chi connectivity index (χ2n) is 25.6. The molecule has 23 heteroatoms. The quantitative estimate of drug-likeness (QED) is 0.148. The molecule has 484 valence electrons. The SMILES string of the molecule is C=C(C)C[C@H]1C(=O)N[C@@H](C(C)C)C(=O)N(C)[C@@H](CC(C)C)C(=O)N[C@@H](C)C(=O)N[C@H](C)C(=O)N(C)[C@@H](CC(C)C)C(=O)N(C)[C@@H](CC(C)C)C(=O)N(C)[C@@H](C(C)C)C(=O)N(C)[C@@H]([C@H](O)[C@H](C)C/C=C/C)C(=O)N[C@@H](CC)C(=O)N(C)CC(=O)N1C. The molecular weight excluding hydrogens is 1090 g/mol. The molecule has 23 nitrogen and oxygen atoms in total. The minimum absolute atomic E-state index is 0.0113. The van der Waals surface area contributed by atoms with E-state index in [9.17, 15) is 48.3 Å². The maximum absolute atomic E-state index is 15.1. The Morgan fingerprint density at radius 1 is 0.529 bits per heavy atom. The van der Waals surface area contributed by atoms with Gasteiger partial charge in [-0.05, 0) is 102 Å². The van der Waals surface area contributed by atoms with Crippen LogP contribution in [0.3, 0.4) is 0 Å². The van der Waals surface area contributed by atoms with Gasteiger partial charge in [-0.2, -0.15) is 0 Å². The monoisotopic (exact) mass is 1200 g/mol. The Labute approximate surface area is 508 Å². The number of hydrogen-bond acceptors (Lipinski definition) is 12. The first-order valence-corrected chi connectivity index (χ1v) is 30.2. The van der Waals surface area contributed by atoms with Crippen LogP contribution in [0.5, 0.6) is 0 Å². The number of nitrogens with one attached hydrogen (secondary N) is 4. The fourth-order valence-corrected chi connectivity index (χ4v) is 10.5. The number of carbonyl (C=O) groups excluding carboxylic acids is 11. The van der Waals surface area contributed by atoms with Crippen LogP contribution < -0.4 is 21.3 Å². The zero-order valence-electron chi connectivity index (χ0n) is 55.7. The van der Waals surface area contributed by atoms with Gasteiger partial charge in [0.2, 0.25) is 65.0 Å². The van der Waals surface area contributed by atoms with Crippen molar-refractivity contribution in [2.75, 3.05) is 55.9 Å². The normalized spacial score (nSPS) is 26.8. The van der Waals surface area contributed by atoms with Crippen LogP contribution >= 0.6 is 0 Å². The first kappa shape index (κ1) is 76.6. The molecule has 0 radical (unpaired) electrons. The Morgan fingerprint density at radius 3 is 1.44 bits per heavy atom. The van der Waals surface area contributed by atoms with Crippen molar-refractivity contribution in [1.82, 2.24) is 55.6 Å². The van der Waals surface area contributed by atoms with E-state index in [2.05, 4.69) is 27.8 Å². The number of nitrogens with zero attached hydrogens (tertiary/aromatic N) is 7. The van der Waals surface area contributed by atoms with Crippen molar-refractivity contribution in [3.63, 3.8) is 0 Å². The summed E-state index contributed by atoms with van der Waals surface area (Å²) in [6.45, 7) is 31.1. The van der Waals surface area contributed by atoms with Crippen LogP contribution in [0.1, 0.15) is 149 Å². The number of allylic oxidation sites excluding steroid dienone is 2. The lowest BCUT2D eigenvalue weighted by Gasteiger charge is -2.41. The van der Waals surface area contributed by atoms with Gasteiger partial charge in [0.05, 0.1) is 12.6 Å². The lowest BCUT2D eigenvalue weighted by Crippen LogP contribution is -2.63. The molecule has 1 aliphatic heterocycles. The fourth-order valence-electron chi connectivity index (χ4n) is 10.5. The number of likely N-dealkylation sites (N-methyl/N-ethyl adjacent to an activating group) is 7. The third kappa shape index (κ3) is 21.5. The van der Waals surface area contributed by atoms with Crippen LogP contribution in [0.2, 0.25) is 0 Å². The van der Waals surface area contributed by atoms with Crippen molar-refractivity contribution < 1.29 is 57.8 Å². The van der Waals surface area contributed by atoms with Gasteiger partial charge in [0.25, 0.3) is 0 Å². The summed E-state index contributed by atoms with van der Waals surface area (Å²) in [5, 5.41) is 23.0. The Kier molecular flexibility index (Phi) is 31.3. The van der Waals surface area contributed by atoms with Crippen LogP contribution in [-0.2, 0) is 52.7 Å². The van der Waals surface area contributed by atoms with Crippen LogP contribution in [-0.4, -0.2) is 227 Å². The summed E-state index contributed by atoms with van der Waals surface area (Å²) in [6, 6.07) is -12.5. The highest BCUT2D eigenvalue weighted by Gasteiger charge is 2.45. The largest absolute Gasteiger partial charge is 0.390 e. The molecule has 0 unspecified atom stereocenters. The van der Waals surface area contributed by atoms with Gasteiger partial charge in [0.15, 0.2) is 0 Å². The summed E-state index contributed by atoms with van der Waals surface area (Å²) < 4.78 is 0. The smallest absolute Gasteiger partial charge is 0.246 e. The second kappa shape index (κ2) is 34.7. The predicted octanol–water partition coefficient (Wildman–Crippen LogP) is 3.19. The number of aliphatic hydroxyl groups excluding tert-OH is 1. The van der Waals surface area contributed by atoms with Gasteiger partial charge < -0.3 is 60.7 Å². The van der Waals surface area contributed by atoms with Crippen molar-refractivity contribution in [1.29, 1.82) is 0 Å². The molecule has 1 rings (SSSR count). The van der Waals surface area contributed by atoms with E-state index >= 15 is 9.59 Å². The molecule has 0 aliphatic carbocycles. The van der Waals surface area contributed by atoms with Crippen LogP contribution in [0, 0.1) is 35.5 Å². The van der Waals surface area contributed by atoms with Gasteiger partial charge in [-0.3, -0.25) is 52.7 Å². The van der Waals surface area contributed by atoms with E-state index in [1.165, 1.54) is 82.8 Å². The lowest BCUT2D eigenvalue weighted by molar-refractivity contribution is -0.157. The van der Waals surface area contributed by atoms with Crippen molar-refractivity contribution in [3.8, 4) is 0 Å². The molecule has 1 aliphatic rings. The molecule has 5 N–H and O–H groups in total. The number of amides is 11. The van der Waals surface area contributed by atoms with Gasteiger partial charge in [-0.25, -0.2) is 0 Å². The molecule has 1 fully saturated rings. The van der Waals surface area contributed by atoms with E-state index in [1.54, 1.807) is 67.5 Å². The average molecular weight is 1200 g/mol. The molecule has 0 aromatic heterocycles. The Hall–Kier alpha value is -6.39. The Morgan fingerprint density at radius 2 is 0.976 bits per heavy atom. The van der Waals surface area contributed by atoms with Crippen LogP contribution in [0.15, 0.2) is 24.3 Å². The van der Waals surface area contributed by atoms with Crippen LogP contribution in [0.25, 0.3) is 0 Å². The van der Waals surface area contributed by atoms with Crippen molar-refractivity contribution in [3.05, 3.63) is 24.3 Å². The minimum atomic E-state index is -1.62. The Bertz CT molecular complexity index is 2380.